The van der Waals surface area contributed by atoms with Crippen LogP contribution in [0.1, 0.15) is 118 Å². The van der Waals surface area contributed by atoms with Crippen LogP contribution in [0.2, 0.25) is 18.6 Å². The fourth-order valence-electron chi connectivity index (χ4n) is 5.36. The van der Waals surface area contributed by atoms with Gasteiger partial charge in [0.25, 0.3) is 0 Å². The second kappa shape index (κ2) is 44.5. The number of halogens is 1. The van der Waals surface area contributed by atoms with E-state index in [1.165, 1.54) is 17.5 Å². The predicted octanol–water partition coefficient (Wildman–Crippen LogP) is 8.22. The van der Waals surface area contributed by atoms with Crippen molar-refractivity contribution in [2.45, 2.75) is 132 Å². The van der Waals surface area contributed by atoms with Crippen molar-refractivity contribution in [1.82, 2.24) is 5.32 Å². The second-order valence-electron chi connectivity index (χ2n) is 17.8. The molecule has 19 heteroatoms. The zero-order valence-corrected chi connectivity index (χ0v) is 48.5. The van der Waals surface area contributed by atoms with Gasteiger partial charge in [-0.1, -0.05) is 86.2 Å². The Morgan fingerprint density at radius 2 is 1.18 bits per heavy atom. The first-order chi connectivity index (χ1) is 31.0. The van der Waals surface area contributed by atoms with E-state index in [1.807, 2.05) is 48.1 Å². The third-order valence-corrected chi connectivity index (χ3v) is 16.6. The van der Waals surface area contributed by atoms with Crippen LogP contribution in [-0.4, -0.2) is 147 Å². The van der Waals surface area contributed by atoms with E-state index in [2.05, 4.69) is 71.2 Å². The molecule has 0 saturated heterocycles. The fraction of sp³-hybridized carbons (Fsp3) is 0.776. The minimum atomic E-state index is -2.99. The normalized spacial score (nSPS) is 12.8. The minimum absolute atomic E-state index is 0. The average Bonchev–Trinajstić information content (AvgIpc) is 3.29. The molecule has 0 aliphatic carbocycles. The molecule has 68 heavy (non-hydrogen) atoms. The number of amides is 1. The molecule has 0 radical (unpaired) electrons. The van der Waals surface area contributed by atoms with Gasteiger partial charge in [-0.05, 0) is 69.5 Å². The molecule has 4 atom stereocenters. The Bertz CT molecular complexity index is 1380. The summed E-state index contributed by atoms with van der Waals surface area (Å²) in [6.45, 7) is 28.1. The molecule has 0 aromatic heterocycles. The number of rotatable bonds is 32. The number of hydrogen-bond acceptors (Lipinski definition) is 13. The number of allylic oxidation sites excluding steroid dienone is 1. The molecule has 0 bridgehead atoms. The van der Waals surface area contributed by atoms with Crippen LogP contribution in [0.5, 0.6) is 0 Å². The minimum Gasteiger partial charge on any atom is -0.505 e. The molecule has 1 rings (SSSR count). The topological polar surface area (TPSA) is 204 Å². The molecule has 1 amide bonds. The molecule has 1 aromatic carbocycles. The molecular weight excluding hydrogens is 930 g/mol. The second-order valence-corrected chi connectivity index (χ2v) is 24.0. The van der Waals surface area contributed by atoms with Crippen LogP contribution < -0.4 is 11.1 Å². The number of benzene rings is 1. The molecule has 5 N–H and O–H groups in total. The highest BCUT2D eigenvalue weighted by molar-refractivity contribution is 6.65. The molecule has 0 aliphatic rings. The van der Waals surface area contributed by atoms with E-state index in [4.69, 9.17) is 46.8 Å². The van der Waals surface area contributed by atoms with Crippen molar-refractivity contribution in [3.8, 4) is 0 Å². The first-order valence-electron chi connectivity index (χ1n) is 23.9. The van der Waals surface area contributed by atoms with E-state index in [0.29, 0.717) is 76.9 Å². The number of quaternary nitrogens is 1. The number of nitrogens with one attached hydrogen (secondary N) is 1. The number of nitrogens with two attached hydrogens (primary N) is 1. The number of hydrogen-bond donors (Lipinski definition) is 2. The number of nitrogens with zero attached hydrogens (tertiary/aromatic N) is 1. The molecule has 16 nitrogen and oxygen atoms in total. The van der Waals surface area contributed by atoms with Gasteiger partial charge < -0.3 is 62.1 Å². The van der Waals surface area contributed by atoms with Gasteiger partial charge in [0, 0.05) is 59.1 Å². The number of ether oxygens (including phenoxy) is 4. The monoisotopic (exact) mass is 1030 g/mol. The summed E-state index contributed by atoms with van der Waals surface area (Å²) in [5.41, 5.74) is 8.03. The maximum atomic E-state index is 11.7. The largest absolute Gasteiger partial charge is 0.566 e. The SMILES string of the molecule is C=C(C)O[Si](CCCOC(=O)C(C)CC)(OCCOC)OCCOC.CCC(C)C(=O)NCCC[Si](C)(OC)OC.CCC(C)C(=O)OCCN.CCC(C)c1ccc(C[N+](C)(C)C)cc1.Cl.O. The summed E-state index contributed by atoms with van der Waals surface area (Å²) in [6.07, 6.45) is 5.18. The summed E-state index contributed by atoms with van der Waals surface area (Å²) < 4.78 is 49.5. The smallest absolute Gasteiger partial charge is 0.505 e. The highest BCUT2D eigenvalue weighted by atomic mass is 35.5. The summed E-state index contributed by atoms with van der Waals surface area (Å²) >= 11 is 0. The van der Waals surface area contributed by atoms with E-state index < -0.39 is 17.4 Å². The summed E-state index contributed by atoms with van der Waals surface area (Å²) in [4.78, 5) is 34.1. The van der Waals surface area contributed by atoms with Crippen molar-refractivity contribution < 1.29 is 65.4 Å². The predicted molar refractivity (Wildman–Crippen MR) is 282 cm³/mol. The van der Waals surface area contributed by atoms with Gasteiger partial charge in [-0.25, -0.2) is 0 Å². The third kappa shape index (κ3) is 39.3. The molecule has 4 unspecified atom stereocenters. The Kier molecular flexibility index (Phi) is 48.7. The van der Waals surface area contributed by atoms with Crippen molar-refractivity contribution in [1.29, 1.82) is 0 Å². The standard InChI is InChI=1S/C17H34O7Si.C14H24N.C11H25NO3Si.C7H15NO2.ClH.H2O/c1-7-16(4)17(18)21-9-8-14-25(24-15(2)3,22-12-10-19-5)23-13-11-20-6;1-6-12(2)14-9-7-13(8-10-14)11-15(3,4)5;1-6-10(2)11(13)12-8-7-9-16(5,14-3)15-4;1-3-6(2)7(9)10-5-4-8;;/h16H,2,7-14H2,1,3-6H3;7-10,12H,6,11H2,1-5H3;10H,6-9H2,1-5H3,(H,12,13);6H,3-5,8H2,1-2H3;1H;1H2/q;+1;;;;. The maximum absolute atomic E-state index is 11.7. The quantitative estimate of drug-likeness (QED) is 0.0230. The third-order valence-electron chi connectivity index (χ3n) is 10.7. The van der Waals surface area contributed by atoms with E-state index in [9.17, 15) is 14.4 Å². The van der Waals surface area contributed by atoms with Gasteiger partial charge in [0.15, 0.2) is 0 Å². The van der Waals surface area contributed by atoms with Crippen molar-refractivity contribution in [3.05, 3.63) is 47.7 Å². The van der Waals surface area contributed by atoms with Crippen LogP contribution in [-0.2, 0) is 62.0 Å². The van der Waals surface area contributed by atoms with Crippen LogP contribution in [0, 0.1) is 17.8 Å². The number of carbonyl (C=O) groups is 3. The summed E-state index contributed by atoms with van der Waals surface area (Å²) in [5, 5.41) is 2.93. The van der Waals surface area contributed by atoms with Gasteiger partial charge in [-0.15, -0.1) is 12.4 Å². The molecule has 0 heterocycles. The van der Waals surface area contributed by atoms with Crippen molar-refractivity contribution >= 4 is 47.6 Å². The first-order valence-corrected chi connectivity index (χ1v) is 28.4. The molecule has 0 spiro atoms. The molecule has 404 valence electrons. The highest BCUT2D eigenvalue weighted by Gasteiger charge is 2.43. The Hall–Kier alpha value is -2.47. The molecule has 1 aromatic rings. The zero-order valence-electron chi connectivity index (χ0n) is 45.7. The Morgan fingerprint density at radius 3 is 1.56 bits per heavy atom. The highest BCUT2D eigenvalue weighted by Crippen LogP contribution is 2.22. The Labute approximate surface area is 422 Å². The molecule has 0 saturated carbocycles. The van der Waals surface area contributed by atoms with Gasteiger partial charge in [0.05, 0.1) is 71.8 Å². The summed E-state index contributed by atoms with van der Waals surface area (Å²) in [5.74, 6) is 1.04. The van der Waals surface area contributed by atoms with Gasteiger partial charge >= 0.3 is 29.3 Å². The maximum Gasteiger partial charge on any atom is 0.566 e. The zero-order chi connectivity index (χ0) is 51.2. The van der Waals surface area contributed by atoms with E-state index in [-0.39, 0.29) is 53.5 Å². The number of esters is 2. The van der Waals surface area contributed by atoms with Crippen molar-refractivity contribution in [2.75, 3.05) is 102 Å². The van der Waals surface area contributed by atoms with Crippen molar-refractivity contribution in [3.63, 3.8) is 0 Å². The van der Waals surface area contributed by atoms with E-state index >= 15 is 0 Å². The Balaban J connectivity index is -0.000000270. The lowest BCUT2D eigenvalue weighted by molar-refractivity contribution is -0.884. The van der Waals surface area contributed by atoms with Crippen LogP contribution in [0.15, 0.2) is 36.6 Å². The van der Waals surface area contributed by atoms with Crippen LogP contribution >= 0.6 is 12.4 Å². The lowest BCUT2D eigenvalue weighted by atomic mass is 9.97. The molecule has 0 fully saturated rings. The lowest BCUT2D eigenvalue weighted by Crippen LogP contribution is -2.47. The van der Waals surface area contributed by atoms with Gasteiger partial charge in [-0.3, -0.25) is 14.4 Å². The van der Waals surface area contributed by atoms with Crippen LogP contribution in [0.4, 0.5) is 0 Å². The summed E-state index contributed by atoms with van der Waals surface area (Å²) in [7, 11) is 8.31. The first kappa shape index (κ1) is 74.5. The summed E-state index contributed by atoms with van der Waals surface area (Å²) in [6, 6.07) is 10.5. The van der Waals surface area contributed by atoms with Crippen LogP contribution in [0.3, 0.4) is 0 Å². The van der Waals surface area contributed by atoms with Gasteiger partial charge in [0.1, 0.15) is 13.2 Å². The van der Waals surface area contributed by atoms with Crippen LogP contribution in [0.25, 0.3) is 0 Å². The number of carbonyl (C=O) groups excluding carboxylic acids is 3. The fourth-order valence-corrected chi connectivity index (χ4v) is 9.25. The van der Waals surface area contributed by atoms with E-state index in [0.717, 1.165) is 42.8 Å². The molecular formula is C49H101ClN3O13Si2+. The average molecular weight is 1030 g/mol. The Morgan fingerprint density at radius 1 is 0.706 bits per heavy atom. The van der Waals surface area contributed by atoms with Crippen molar-refractivity contribution in [2.24, 2.45) is 23.5 Å². The lowest BCUT2D eigenvalue weighted by Gasteiger charge is -2.30. The molecule has 0 aliphatic heterocycles. The van der Waals surface area contributed by atoms with E-state index in [1.54, 1.807) is 35.4 Å². The number of methoxy groups -OCH3 is 2. The van der Waals surface area contributed by atoms with Gasteiger partial charge in [0.2, 0.25) is 5.91 Å². The van der Waals surface area contributed by atoms with Gasteiger partial charge in [-0.2, -0.15) is 0 Å².